The number of thiophene rings is 1. The molecule has 23 heavy (non-hydrogen) atoms. The molecular weight excluding hydrogens is 312 g/mol. The number of benzene rings is 1. The molecule has 1 aromatic carbocycles. The minimum absolute atomic E-state index is 0.0249. The molecule has 0 N–H and O–H groups in total. The summed E-state index contributed by atoms with van der Waals surface area (Å²) in [6.45, 7) is 0. The van der Waals surface area contributed by atoms with Crippen LogP contribution in [0.15, 0.2) is 58.5 Å². The Morgan fingerprint density at radius 3 is 2.70 bits per heavy atom. The maximum atomic E-state index is 10.7. The number of rotatable bonds is 4. The van der Waals surface area contributed by atoms with Crippen molar-refractivity contribution in [1.29, 1.82) is 5.26 Å². The van der Waals surface area contributed by atoms with Crippen LogP contribution in [0.4, 0.5) is 5.69 Å². The Labute approximate surface area is 135 Å². The minimum Gasteiger partial charge on any atom is -0.464 e. The SMILES string of the molecule is N#C/C(=C\c1ccc([N+](=O)[O-])cc1)c1cc(-c2ccco2)cs1. The van der Waals surface area contributed by atoms with E-state index in [1.54, 1.807) is 24.5 Å². The molecule has 2 aromatic heterocycles. The molecule has 0 aliphatic heterocycles. The smallest absolute Gasteiger partial charge is 0.269 e. The van der Waals surface area contributed by atoms with Gasteiger partial charge in [0, 0.05) is 28.0 Å². The average Bonchev–Trinajstić information content (AvgIpc) is 3.24. The van der Waals surface area contributed by atoms with E-state index in [-0.39, 0.29) is 5.69 Å². The van der Waals surface area contributed by atoms with Gasteiger partial charge in [0.1, 0.15) is 11.8 Å². The molecule has 0 atom stereocenters. The first-order valence-electron chi connectivity index (χ1n) is 6.66. The molecule has 3 rings (SSSR count). The lowest BCUT2D eigenvalue weighted by molar-refractivity contribution is -0.384. The molecule has 0 radical (unpaired) electrons. The van der Waals surface area contributed by atoms with Gasteiger partial charge in [0.05, 0.1) is 16.8 Å². The molecule has 0 spiro atoms. The van der Waals surface area contributed by atoms with E-state index in [9.17, 15) is 15.4 Å². The summed E-state index contributed by atoms with van der Waals surface area (Å²) in [4.78, 5) is 11.0. The minimum atomic E-state index is -0.451. The van der Waals surface area contributed by atoms with E-state index in [0.717, 1.165) is 21.8 Å². The summed E-state index contributed by atoms with van der Waals surface area (Å²) in [5.74, 6) is 0.750. The number of hydrogen-bond acceptors (Lipinski definition) is 5. The zero-order valence-electron chi connectivity index (χ0n) is 11.8. The van der Waals surface area contributed by atoms with Crippen molar-refractivity contribution >= 4 is 28.7 Å². The summed E-state index contributed by atoms with van der Waals surface area (Å²) < 4.78 is 5.34. The summed E-state index contributed by atoms with van der Waals surface area (Å²) >= 11 is 1.45. The number of furan rings is 1. The first kappa shape index (κ1) is 14.8. The lowest BCUT2D eigenvalue weighted by atomic mass is 10.1. The van der Waals surface area contributed by atoms with Crippen molar-refractivity contribution in [2.24, 2.45) is 0 Å². The lowest BCUT2D eigenvalue weighted by Gasteiger charge is -1.96. The largest absolute Gasteiger partial charge is 0.464 e. The Morgan fingerprint density at radius 1 is 1.30 bits per heavy atom. The highest BCUT2D eigenvalue weighted by Crippen LogP contribution is 2.31. The monoisotopic (exact) mass is 322 g/mol. The van der Waals surface area contributed by atoms with Crippen LogP contribution in [-0.2, 0) is 0 Å². The van der Waals surface area contributed by atoms with Crippen LogP contribution in [0, 0.1) is 21.4 Å². The quantitative estimate of drug-likeness (QED) is 0.385. The van der Waals surface area contributed by atoms with E-state index in [2.05, 4.69) is 6.07 Å². The zero-order chi connectivity index (χ0) is 16.2. The second-order valence-electron chi connectivity index (χ2n) is 4.70. The van der Waals surface area contributed by atoms with Crippen LogP contribution in [0.2, 0.25) is 0 Å². The summed E-state index contributed by atoms with van der Waals surface area (Å²) in [5, 5.41) is 22.0. The van der Waals surface area contributed by atoms with Crippen molar-refractivity contribution in [3.63, 3.8) is 0 Å². The van der Waals surface area contributed by atoms with Gasteiger partial charge in [0.2, 0.25) is 0 Å². The third kappa shape index (κ3) is 3.20. The molecule has 3 aromatic rings. The van der Waals surface area contributed by atoms with Gasteiger partial charge in [0.25, 0.3) is 5.69 Å². The highest BCUT2D eigenvalue weighted by Gasteiger charge is 2.09. The molecule has 112 valence electrons. The number of hydrogen-bond donors (Lipinski definition) is 0. The van der Waals surface area contributed by atoms with Crippen molar-refractivity contribution in [3.05, 3.63) is 74.7 Å². The Balaban J connectivity index is 1.90. The number of nitriles is 1. The normalized spacial score (nSPS) is 11.2. The summed E-state index contributed by atoms with van der Waals surface area (Å²) in [7, 11) is 0. The van der Waals surface area contributed by atoms with E-state index in [1.165, 1.54) is 23.5 Å². The summed E-state index contributed by atoms with van der Waals surface area (Å²) in [6, 6.07) is 13.8. The fourth-order valence-corrected chi connectivity index (χ4v) is 2.93. The second kappa shape index (κ2) is 6.30. The topological polar surface area (TPSA) is 80.1 Å². The molecule has 0 saturated heterocycles. The first-order valence-corrected chi connectivity index (χ1v) is 7.54. The highest BCUT2D eigenvalue weighted by atomic mass is 32.1. The molecule has 6 heteroatoms. The van der Waals surface area contributed by atoms with E-state index in [0.29, 0.717) is 5.57 Å². The molecular formula is C17H10N2O3S. The van der Waals surface area contributed by atoms with Gasteiger partial charge in [-0.3, -0.25) is 10.1 Å². The summed E-state index contributed by atoms with van der Waals surface area (Å²) in [5.41, 5.74) is 2.18. The van der Waals surface area contributed by atoms with Crippen LogP contribution in [0.3, 0.4) is 0 Å². The lowest BCUT2D eigenvalue weighted by Crippen LogP contribution is -1.87. The molecule has 0 saturated carbocycles. The number of non-ortho nitro benzene ring substituents is 1. The standard InChI is InChI=1S/C17H10N2O3S/c18-10-13(8-12-3-5-15(6-4-12)19(20)21)17-9-14(11-23-17)16-2-1-7-22-16/h1-9,11H/b13-8+. The van der Waals surface area contributed by atoms with Gasteiger partial charge in [-0.05, 0) is 42.0 Å². The van der Waals surface area contributed by atoms with Gasteiger partial charge in [-0.15, -0.1) is 11.3 Å². The van der Waals surface area contributed by atoms with Crippen LogP contribution in [0.1, 0.15) is 10.4 Å². The highest BCUT2D eigenvalue weighted by molar-refractivity contribution is 7.11. The van der Waals surface area contributed by atoms with Crippen molar-refractivity contribution in [2.45, 2.75) is 0 Å². The number of nitro groups is 1. The third-order valence-electron chi connectivity index (χ3n) is 3.21. The third-order valence-corrected chi connectivity index (χ3v) is 4.17. The van der Waals surface area contributed by atoms with Crippen LogP contribution in [-0.4, -0.2) is 4.92 Å². The van der Waals surface area contributed by atoms with Crippen LogP contribution in [0.5, 0.6) is 0 Å². The molecule has 2 heterocycles. The zero-order valence-corrected chi connectivity index (χ0v) is 12.6. The maximum absolute atomic E-state index is 10.7. The fourth-order valence-electron chi connectivity index (χ4n) is 2.07. The van der Waals surface area contributed by atoms with Crippen LogP contribution >= 0.6 is 11.3 Å². The average molecular weight is 322 g/mol. The molecule has 0 bridgehead atoms. The number of nitrogens with zero attached hydrogens (tertiary/aromatic N) is 2. The van der Waals surface area contributed by atoms with Crippen LogP contribution in [0.25, 0.3) is 23.0 Å². The van der Waals surface area contributed by atoms with Crippen molar-refractivity contribution in [1.82, 2.24) is 0 Å². The fraction of sp³-hybridized carbons (Fsp3) is 0. The molecule has 0 amide bonds. The van der Waals surface area contributed by atoms with Crippen molar-refractivity contribution in [2.75, 3.05) is 0 Å². The first-order chi connectivity index (χ1) is 11.2. The molecule has 0 aliphatic carbocycles. The van der Waals surface area contributed by atoms with Gasteiger partial charge in [0.15, 0.2) is 0 Å². The molecule has 0 fully saturated rings. The number of allylic oxidation sites excluding steroid dienone is 1. The Bertz CT molecular complexity index is 900. The molecule has 0 aliphatic rings. The van der Waals surface area contributed by atoms with Crippen molar-refractivity contribution < 1.29 is 9.34 Å². The van der Waals surface area contributed by atoms with Crippen LogP contribution < -0.4 is 0 Å². The predicted molar refractivity (Wildman–Crippen MR) is 88.6 cm³/mol. The number of nitro benzene ring substituents is 1. The molecule has 0 unspecified atom stereocenters. The van der Waals surface area contributed by atoms with E-state index in [4.69, 9.17) is 4.42 Å². The second-order valence-corrected chi connectivity index (χ2v) is 5.61. The Hall–Kier alpha value is -3.17. The van der Waals surface area contributed by atoms with Crippen molar-refractivity contribution in [3.8, 4) is 17.4 Å². The van der Waals surface area contributed by atoms with Gasteiger partial charge in [-0.25, -0.2) is 0 Å². The van der Waals surface area contributed by atoms with Gasteiger partial charge >= 0.3 is 0 Å². The predicted octanol–water partition coefficient (Wildman–Crippen LogP) is 4.98. The Morgan fingerprint density at radius 2 is 2.09 bits per heavy atom. The van der Waals surface area contributed by atoms with E-state index in [1.807, 2.05) is 23.6 Å². The summed E-state index contributed by atoms with van der Waals surface area (Å²) in [6.07, 6.45) is 3.31. The Kier molecular flexibility index (Phi) is 4.04. The van der Waals surface area contributed by atoms with E-state index < -0.39 is 4.92 Å². The molecule has 5 nitrogen and oxygen atoms in total. The van der Waals surface area contributed by atoms with Gasteiger partial charge in [-0.1, -0.05) is 0 Å². The van der Waals surface area contributed by atoms with E-state index >= 15 is 0 Å². The van der Waals surface area contributed by atoms with Gasteiger partial charge < -0.3 is 4.42 Å². The maximum Gasteiger partial charge on any atom is 0.269 e. The van der Waals surface area contributed by atoms with Gasteiger partial charge in [-0.2, -0.15) is 5.26 Å².